The fourth-order valence-electron chi connectivity index (χ4n) is 4.50. The second kappa shape index (κ2) is 10.00. The van der Waals surface area contributed by atoms with E-state index in [2.05, 4.69) is 22.1 Å². The number of rotatable bonds is 6. The summed E-state index contributed by atoms with van der Waals surface area (Å²) in [5, 5.41) is 0. The molecule has 5 rings (SSSR count). The molecule has 34 heavy (non-hydrogen) atoms. The first kappa shape index (κ1) is 22.0. The van der Waals surface area contributed by atoms with E-state index < -0.39 is 0 Å². The van der Waals surface area contributed by atoms with Gasteiger partial charge in [-0.25, -0.2) is 9.37 Å². The molecule has 3 heterocycles. The number of piperidine rings is 1. The number of nitrogens with zero attached hydrogens (tertiary/aromatic N) is 3. The first-order chi connectivity index (χ1) is 16.7. The summed E-state index contributed by atoms with van der Waals surface area (Å²) in [5.41, 5.74) is 2.91. The first-order valence-corrected chi connectivity index (χ1v) is 11.7. The van der Waals surface area contributed by atoms with Crippen molar-refractivity contribution in [3.05, 3.63) is 119 Å². The standard InChI is InChI=1S/C28H26FN3O2/c29-25-11-5-4-10-21(25)17-23-18-22(13-14-30-23)28(33)32-15-7-6-12-26(32)27-31-19-24(34-27)16-20-8-2-1-3-9-20/h1-5,8-11,13-14,18-19,26H,6-7,12,15-17H2/t26-/m1/s1. The van der Waals surface area contributed by atoms with Crippen LogP contribution in [0.1, 0.15) is 64.1 Å². The van der Waals surface area contributed by atoms with Crippen molar-refractivity contribution in [1.29, 1.82) is 0 Å². The maximum Gasteiger partial charge on any atom is 0.254 e. The summed E-state index contributed by atoms with van der Waals surface area (Å²) in [7, 11) is 0. The average molecular weight is 456 g/mol. The lowest BCUT2D eigenvalue weighted by atomic mass is 10.00. The molecule has 1 amide bonds. The molecule has 6 heteroatoms. The highest BCUT2D eigenvalue weighted by Crippen LogP contribution is 2.32. The molecule has 0 saturated carbocycles. The number of amides is 1. The maximum atomic E-state index is 14.1. The van der Waals surface area contributed by atoms with E-state index in [1.54, 1.807) is 42.7 Å². The van der Waals surface area contributed by atoms with Crippen molar-refractivity contribution in [3.63, 3.8) is 0 Å². The Morgan fingerprint density at radius 2 is 1.82 bits per heavy atom. The topological polar surface area (TPSA) is 59.2 Å². The summed E-state index contributed by atoms with van der Waals surface area (Å²) >= 11 is 0. The summed E-state index contributed by atoms with van der Waals surface area (Å²) in [5.74, 6) is 1.02. The number of benzene rings is 2. The summed E-state index contributed by atoms with van der Waals surface area (Å²) < 4.78 is 20.2. The third-order valence-electron chi connectivity index (χ3n) is 6.23. The van der Waals surface area contributed by atoms with E-state index in [0.29, 0.717) is 42.1 Å². The molecule has 4 aromatic rings. The van der Waals surface area contributed by atoms with Gasteiger partial charge in [-0.15, -0.1) is 0 Å². The molecule has 0 bridgehead atoms. The number of carbonyl (C=O) groups excluding carboxylic acids is 1. The van der Waals surface area contributed by atoms with Crippen molar-refractivity contribution in [2.45, 2.75) is 38.1 Å². The Morgan fingerprint density at radius 3 is 2.68 bits per heavy atom. The number of hydrogen-bond acceptors (Lipinski definition) is 4. The molecule has 172 valence electrons. The molecule has 2 aromatic heterocycles. The molecule has 0 N–H and O–H groups in total. The lowest BCUT2D eigenvalue weighted by Gasteiger charge is -2.34. The summed E-state index contributed by atoms with van der Waals surface area (Å²) in [6.45, 7) is 0.644. The summed E-state index contributed by atoms with van der Waals surface area (Å²) in [6, 6.07) is 20.0. The Morgan fingerprint density at radius 1 is 1.00 bits per heavy atom. The van der Waals surface area contributed by atoms with Gasteiger partial charge in [-0.1, -0.05) is 48.5 Å². The van der Waals surface area contributed by atoms with Crippen molar-refractivity contribution in [2.75, 3.05) is 6.54 Å². The number of pyridine rings is 1. The molecule has 1 fully saturated rings. The number of halogens is 1. The largest absolute Gasteiger partial charge is 0.443 e. The predicted octanol–water partition coefficient (Wildman–Crippen LogP) is 5.76. The van der Waals surface area contributed by atoms with Crippen LogP contribution in [-0.4, -0.2) is 27.3 Å². The Balaban J connectivity index is 1.34. The van der Waals surface area contributed by atoms with Crippen molar-refractivity contribution in [3.8, 4) is 0 Å². The van der Waals surface area contributed by atoms with Gasteiger partial charge in [0.25, 0.3) is 5.91 Å². The number of carbonyl (C=O) groups is 1. The number of hydrogen-bond donors (Lipinski definition) is 0. The van der Waals surface area contributed by atoms with Crippen molar-refractivity contribution in [2.24, 2.45) is 0 Å². The summed E-state index contributed by atoms with van der Waals surface area (Å²) in [4.78, 5) is 24.2. The molecular formula is C28H26FN3O2. The Hall–Kier alpha value is -3.80. The third-order valence-corrected chi connectivity index (χ3v) is 6.23. The zero-order valence-electron chi connectivity index (χ0n) is 18.9. The molecule has 5 nitrogen and oxygen atoms in total. The number of oxazole rings is 1. The van der Waals surface area contributed by atoms with Gasteiger partial charge in [0.2, 0.25) is 5.89 Å². The quantitative estimate of drug-likeness (QED) is 0.371. The van der Waals surface area contributed by atoms with Crippen LogP contribution in [0.5, 0.6) is 0 Å². The average Bonchev–Trinajstić information content (AvgIpc) is 3.34. The Bertz CT molecular complexity index is 1270. The number of aromatic nitrogens is 2. The van der Waals surface area contributed by atoms with E-state index in [9.17, 15) is 9.18 Å². The minimum atomic E-state index is -0.271. The van der Waals surface area contributed by atoms with E-state index in [-0.39, 0.29) is 17.8 Å². The second-order valence-electron chi connectivity index (χ2n) is 8.64. The van der Waals surface area contributed by atoms with Gasteiger partial charge in [-0.2, -0.15) is 0 Å². The van der Waals surface area contributed by atoms with Crippen LogP contribution in [0.25, 0.3) is 0 Å². The smallest absolute Gasteiger partial charge is 0.254 e. The lowest BCUT2D eigenvalue weighted by molar-refractivity contribution is 0.0570. The molecule has 2 aromatic carbocycles. The molecule has 1 aliphatic rings. The Labute approximate surface area is 198 Å². The monoisotopic (exact) mass is 455 g/mol. The highest BCUT2D eigenvalue weighted by Gasteiger charge is 2.32. The van der Waals surface area contributed by atoms with Crippen LogP contribution in [-0.2, 0) is 12.8 Å². The van der Waals surface area contributed by atoms with Gasteiger partial charge < -0.3 is 9.32 Å². The molecule has 0 spiro atoms. The number of likely N-dealkylation sites (tertiary alicyclic amines) is 1. The van der Waals surface area contributed by atoms with E-state index in [1.165, 1.54) is 6.07 Å². The Kier molecular flexibility index (Phi) is 6.47. The molecule has 1 aliphatic heterocycles. The lowest BCUT2D eigenvalue weighted by Crippen LogP contribution is -2.38. The zero-order chi connectivity index (χ0) is 23.3. The van der Waals surface area contributed by atoms with E-state index in [4.69, 9.17) is 4.42 Å². The zero-order valence-corrected chi connectivity index (χ0v) is 18.9. The van der Waals surface area contributed by atoms with Crippen molar-refractivity contribution >= 4 is 5.91 Å². The van der Waals surface area contributed by atoms with Gasteiger partial charge in [0.1, 0.15) is 17.6 Å². The van der Waals surface area contributed by atoms with Crippen LogP contribution < -0.4 is 0 Å². The molecular weight excluding hydrogens is 429 g/mol. The molecule has 1 atom stereocenters. The van der Waals surface area contributed by atoms with Crippen LogP contribution >= 0.6 is 0 Å². The van der Waals surface area contributed by atoms with Gasteiger partial charge >= 0.3 is 0 Å². The highest BCUT2D eigenvalue weighted by molar-refractivity contribution is 5.94. The van der Waals surface area contributed by atoms with Gasteiger partial charge in [-0.05, 0) is 48.6 Å². The second-order valence-corrected chi connectivity index (χ2v) is 8.64. The molecule has 0 unspecified atom stereocenters. The fourth-order valence-corrected chi connectivity index (χ4v) is 4.50. The normalized spacial score (nSPS) is 15.9. The van der Waals surface area contributed by atoms with Crippen LogP contribution in [0.15, 0.2) is 83.5 Å². The highest BCUT2D eigenvalue weighted by atomic mass is 19.1. The SMILES string of the molecule is O=C(c1ccnc(Cc2ccccc2F)c1)N1CCCC[C@@H]1c1ncc(Cc2ccccc2)o1. The van der Waals surface area contributed by atoms with Crippen LogP contribution in [0.3, 0.4) is 0 Å². The molecule has 1 saturated heterocycles. The fraction of sp³-hybridized carbons (Fsp3) is 0.250. The minimum absolute atomic E-state index is 0.0790. The van der Waals surface area contributed by atoms with E-state index in [0.717, 1.165) is 30.6 Å². The van der Waals surface area contributed by atoms with E-state index >= 15 is 0 Å². The van der Waals surface area contributed by atoms with Crippen molar-refractivity contribution in [1.82, 2.24) is 14.9 Å². The molecule has 0 radical (unpaired) electrons. The van der Waals surface area contributed by atoms with Gasteiger partial charge in [-0.3, -0.25) is 9.78 Å². The predicted molar refractivity (Wildman–Crippen MR) is 127 cm³/mol. The van der Waals surface area contributed by atoms with Crippen LogP contribution in [0, 0.1) is 5.82 Å². The van der Waals surface area contributed by atoms with Gasteiger partial charge in [0, 0.05) is 36.8 Å². The molecule has 0 aliphatic carbocycles. The van der Waals surface area contributed by atoms with Gasteiger partial charge in [0.15, 0.2) is 0 Å². The van der Waals surface area contributed by atoms with E-state index in [1.807, 2.05) is 23.1 Å². The minimum Gasteiger partial charge on any atom is -0.443 e. The van der Waals surface area contributed by atoms with Crippen LogP contribution in [0.2, 0.25) is 0 Å². The van der Waals surface area contributed by atoms with Gasteiger partial charge in [0.05, 0.1) is 6.20 Å². The maximum absolute atomic E-state index is 14.1. The third kappa shape index (κ3) is 4.91. The van der Waals surface area contributed by atoms with Crippen LogP contribution in [0.4, 0.5) is 4.39 Å². The first-order valence-electron chi connectivity index (χ1n) is 11.7. The van der Waals surface area contributed by atoms with Crippen molar-refractivity contribution < 1.29 is 13.6 Å². The summed E-state index contributed by atoms with van der Waals surface area (Å²) in [6.07, 6.45) is 7.14.